The second-order valence-corrected chi connectivity index (χ2v) is 26.4. The summed E-state index contributed by atoms with van der Waals surface area (Å²) in [5.74, 6) is 3.64. The van der Waals surface area contributed by atoms with Gasteiger partial charge in [0, 0.05) is 0 Å². The number of rotatable bonds is 6. The zero-order chi connectivity index (χ0) is 23.8. The van der Waals surface area contributed by atoms with Crippen molar-refractivity contribution >= 4 is 34.8 Å². The Labute approximate surface area is 198 Å². The van der Waals surface area contributed by atoms with Crippen molar-refractivity contribution in [2.45, 2.75) is 76.4 Å². The second kappa shape index (κ2) is 8.73. The molecule has 0 saturated carbocycles. The van der Waals surface area contributed by atoms with Crippen LogP contribution in [0.25, 0.3) is 0 Å². The SMILES string of the molecule is CC(C)(C)[Si](OC[C@H]1O[C@]1(C#C[Si](C)(C)C)[Si](C)(C)C)(c1ccccc1)c1ccccc1. The second-order valence-electron chi connectivity index (χ2n) is 12.1. The van der Waals surface area contributed by atoms with Gasteiger partial charge in [0.2, 0.25) is 0 Å². The smallest absolute Gasteiger partial charge is 0.261 e. The average molecular weight is 481 g/mol. The standard InChI is InChI=1S/C27H40O2Si3/c1-26(2,3)32(23-16-12-10-13-17-23,24-18-14-11-15-19-24)28-22-25-27(29-25,31(7,8)9)20-21-30(4,5)6/h10-19,25H,22H2,1-9H3/t25-,27-/m1/s1. The molecule has 1 heterocycles. The van der Waals surface area contributed by atoms with Gasteiger partial charge in [0.1, 0.15) is 27.5 Å². The molecule has 0 radical (unpaired) electrons. The van der Waals surface area contributed by atoms with Crippen molar-refractivity contribution in [3.8, 4) is 11.5 Å². The Morgan fingerprint density at radius 2 is 1.31 bits per heavy atom. The van der Waals surface area contributed by atoms with E-state index in [0.29, 0.717) is 6.61 Å². The van der Waals surface area contributed by atoms with Gasteiger partial charge in [-0.15, -0.1) is 5.54 Å². The molecule has 0 aliphatic carbocycles. The van der Waals surface area contributed by atoms with Gasteiger partial charge in [0.25, 0.3) is 8.32 Å². The molecular formula is C27H40O2Si3. The van der Waals surface area contributed by atoms with Gasteiger partial charge in [-0.25, -0.2) is 0 Å². The highest BCUT2D eigenvalue weighted by Crippen LogP contribution is 2.46. The van der Waals surface area contributed by atoms with E-state index in [2.05, 4.69) is 132 Å². The highest BCUT2D eigenvalue weighted by atomic mass is 28.4. The summed E-state index contributed by atoms with van der Waals surface area (Å²) in [4.78, 5) is 0. The van der Waals surface area contributed by atoms with Crippen LogP contribution < -0.4 is 10.4 Å². The van der Waals surface area contributed by atoms with E-state index in [9.17, 15) is 0 Å². The largest absolute Gasteiger partial charge is 0.405 e. The van der Waals surface area contributed by atoms with Crippen LogP contribution in [0.4, 0.5) is 0 Å². The molecular weight excluding hydrogens is 441 g/mol. The van der Waals surface area contributed by atoms with E-state index in [1.807, 2.05) is 0 Å². The molecule has 2 aromatic carbocycles. The van der Waals surface area contributed by atoms with E-state index in [4.69, 9.17) is 9.16 Å². The van der Waals surface area contributed by atoms with Crippen molar-refractivity contribution in [1.29, 1.82) is 0 Å². The van der Waals surface area contributed by atoms with Crippen LogP contribution >= 0.6 is 0 Å². The number of hydrogen-bond acceptors (Lipinski definition) is 2. The van der Waals surface area contributed by atoms with Crippen LogP contribution in [0.15, 0.2) is 60.7 Å². The van der Waals surface area contributed by atoms with Crippen LogP contribution in [0.5, 0.6) is 0 Å². The Balaban J connectivity index is 2.01. The molecule has 3 rings (SSSR count). The van der Waals surface area contributed by atoms with Gasteiger partial charge >= 0.3 is 0 Å². The molecule has 0 aromatic heterocycles. The summed E-state index contributed by atoms with van der Waals surface area (Å²) >= 11 is 0. The zero-order valence-electron chi connectivity index (χ0n) is 21.4. The van der Waals surface area contributed by atoms with Crippen molar-refractivity contribution in [2.24, 2.45) is 0 Å². The maximum absolute atomic E-state index is 7.15. The lowest BCUT2D eigenvalue weighted by molar-refractivity contribution is 0.248. The Kier molecular flexibility index (Phi) is 6.88. The van der Waals surface area contributed by atoms with Crippen LogP contribution in [-0.2, 0) is 9.16 Å². The molecule has 0 bridgehead atoms. The van der Waals surface area contributed by atoms with Gasteiger partial charge < -0.3 is 9.16 Å². The molecule has 172 valence electrons. The van der Waals surface area contributed by atoms with Gasteiger partial charge in [-0.3, -0.25) is 0 Å². The molecule has 1 aliphatic rings. The molecule has 1 fully saturated rings. The molecule has 0 unspecified atom stereocenters. The molecule has 5 heteroatoms. The van der Waals surface area contributed by atoms with Crippen LogP contribution in [0.1, 0.15) is 20.8 Å². The van der Waals surface area contributed by atoms with Crippen LogP contribution in [0.3, 0.4) is 0 Å². The molecule has 2 aromatic rings. The van der Waals surface area contributed by atoms with Gasteiger partial charge in [-0.05, 0) is 15.4 Å². The van der Waals surface area contributed by atoms with Gasteiger partial charge in [-0.2, -0.15) is 0 Å². The minimum atomic E-state index is -2.56. The number of hydrogen-bond donors (Lipinski definition) is 0. The summed E-state index contributed by atoms with van der Waals surface area (Å²) in [5.41, 5.74) is 3.61. The fourth-order valence-electron chi connectivity index (χ4n) is 4.54. The van der Waals surface area contributed by atoms with E-state index in [1.165, 1.54) is 10.4 Å². The third kappa shape index (κ3) is 4.90. The number of ether oxygens (including phenoxy) is 1. The Bertz CT molecular complexity index is 934. The van der Waals surface area contributed by atoms with Crippen molar-refractivity contribution < 1.29 is 9.16 Å². The Morgan fingerprint density at radius 1 is 0.844 bits per heavy atom. The third-order valence-corrected chi connectivity index (χ3v) is 15.0. The highest BCUT2D eigenvalue weighted by molar-refractivity contribution is 6.99. The van der Waals surface area contributed by atoms with Crippen molar-refractivity contribution in [3.05, 3.63) is 60.7 Å². The Hall–Kier alpha value is -1.43. The molecule has 32 heavy (non-hydrogen) atoms. The highest BCUT2D eigenvalue weighted by Gasteiger charge is 2.64. The van der Waals surface area contributed by atoms with Crippen molar-refractivity contribution in [1.82, 2.24) is 0 Å². The fourth-order valence-corrected chi connectivity index (χ4v) is 11.8. The van der Waals surface area contributed by atoms with Crippen molar-refractivity contribution in [2.75, 3.05) is 6.61 Å². The maximum Gasteiger partial charge on any atom is 0.261 e. The Morgan fingerprint density at radius 3 is 1.69 bits per heavy atom. The summed E-state index contributed by atoms with van der Waals surface area (Å²) in [6, 6.07) is 21.7. The monoisotopic (exact) mass is 480 g/mol. The van der Waals surface area contributed by atoms with E-state index < -0.39 is 24.5 Å². The quantitative estimate of drug-likeness (QED) is 0.311. The topological polar surface area (TPSA) is 21.8 Å². The van der Waals surface area contributed by atoms with E-state index in [-0.39, 0.29) is 16.4 Å². The van der Waals surface area contributed by atoms with E-state index in [1.54, 1.807) is 0 Å². The first-order valence-electron chi connectivity index (χ1n) is 11.7. The lowest BCUT2D eigenvalue weighted by atomic mass is 10.2. The minimum Gasteiger partial charge on any atom is -0.405 e. The third-order valence-electron chi connectivity index (χ3n) is 6.33. The predicted octanol–water partition coefficient (Wildman–Crippen LogP) is 5.46. The molecule has 1 aliphatic heterocycles. The minimum absolute atomic E-state index is 0.0313. The first-order valence-corrected chi connectivity index (χ1v) is 20.6. The van der Waals surface area contributed by atoms with Gasteiger partial charge in [-0.1, -0.05) is 127 Å². The van der Waals surface area contributed by atoms with Crippen molar-refractivity contribution in [3.63, 3.8) is 0 Å². The lowest BCUT2D eigenvalue weighted by Crippen LogP contribution is -2.67. The summed E-state index contributed by atoms with van der Waals surface area (Å²) in [7, 11) is -5.71. The summed E-state index contributed by atoms with van der Waals surface area (Å²) < 4.78 is 13.6. The number of benzene rings is 2. The summed E-state index contributed by atoms with van der Waals surface area (Å²) in [5, 5.41) is 2.30. The van der Waals surface area contributed by atoms with Gasteiger partial charge in [0.15, 0.2) is 0 Å². The molecule has 1 saturated heterocycles. The average Bonchev–Trinajstić information content (AvgIpc) is 3.42. The predicted molar refractivity (Wildman–Crippen MR) is 146 cm³/mol. The summed E-state index contributed by atoms with van der Waals surface area (Å²) in [6.07, 6.45) is 0.0552. The maximum atomic E-state index is 7.15. The molecule has 0 spiro atoms. The normalized spacial score (nSPS) is 21.6. The first-order chi connectivity index (χ1) is 14.7. The fraction of sp³-hybridized carbons (Fsp3) is 0.481. The summed E-state index contributed by atoms with van der Waals surface area (Å²) in [6.45, 7) is 21.6. The molecule has 0 amide bonds. The first kappa shape index (κ1) is 25.2. The van der Waals surface area contributed by atoms with Crippen LogP contribution in [-0.4, -0.2) is 42.4 Å². The molecule has 2 nitrogen and oxygen atoms in total. The number of epoxide rings is 1. The van der Waals surface area contributed by atoms with E-state index >= 15 is 0 Å². The molecule has 2 atom stereocenters. The molecule has 0 N–H and O–H groups in total. The van der Waals surface area contributed by atoms with Crippen LogP contribution in [0, 0.1) is 11.5 Å². The van der Waals surface area contributed by atoms with Crippen LogP contribution in [0.2, 0.25) is 44.3 Å². The van der Waals surface area contributed by atoms with E-state index in [0.717, 1.165) is 0 Å². The van der Waals surface area contributed by atoms with Gasteiger partial charge in [0.05, 0.1) is 6.61 Å². The zero-order valence-corrected chi connectivity index (χ0v) is 24.4. The lowest BCUT2D eigenvalue weighted by Gasteiger charge is -2.43.